The van der Waals surface area contributed by atoms with Gasteiger partial charge in [0, 0.05) is 17.8 Å². The minimum absolute atomic E-state index is 0.279. The van der Waals surface area contributed by atoms with Crippen molar-refractivity contribution in [2.45, 2.75) is 18.9 Å². The standard InChI is InChI=1S/C20H16F3N5O/c21-20(22,23)14-7-5-13(6-8-14)12-28-17-4-2-1-3-15(17)18(27-28)26-19(29)16-11-24-9-10-25-16/h1-11,19,29H,12H2,(H,26,27). The van der Waals surface area contributed by atoms with Crippen LogP contribution in [0.5, 0.6) is 0 Å². The molecule has 1 atom stereocenters. The Morgan fingerprint density at radius 2 is 1.79 bits per heavy atom. The minimum Gasteiger partial charge on any atom is -0.368 e. The van der Waals surface area contributed by atoms with Gasteiger partial charge in [-0.25, -0.2) is 0 Å². The number of nitrogens with zero attached hydrogens (tertiary/aromatic N) is 4. The quantitative estimate of drug-likeness (QED) is 0.496. The first-order valence-electron chi connectivity index (χ1n) is 8.74. The smallest absolute Gasteiger partial charge is 0.368 e. The van der Waals surface area contributed by atoms with Crippen molar-refractivity contribution in [2.24, 2.45) is 0 Å². The van der Waals surface area contributed by atoms with Gasteiger partial charge in [0.25, 0.3) is 0 Å². The molecule has 0 aliphatic rings. The summed E-state index contributed by atoms with van der Waals surface area (Å²) in [5, 5.41) is 18.5. The van der Waals surface area contributed by atoms with E-state index in [1.807, 2.05) is 24.3 Å². The Morgan fingerprint density at radius 3 is 2.48 bits per heavy atom. The molecule has 2 N–H and O–H groups in total. The Labute approximate surface area is 163 Å². The number of nitrogens with one attached hydrogen (secondary N) is 1. The molecule has 9 heteroatoms. The molecule has 0 saturated carbocycles. The van der Waals surface area contributed by atoms with E-state index < -0.39 is 18.0 Å². The van der Waals surface area contributed by atoms with Gasteiger partial charge in [-0.15, -0.1) is 0 Å². The summed E-state index contributed by atoms with van der Waals surface area (Å²) in [5.74, 6) is 0.436. The van der Waals surface area contributed by atoms with Crippen molar-refractivity contribution in [3.8, 4) is 0 Å². The van der Waals surface area contributed by atoms with Gasteiger partial charge in [0.05, 0.1) is 23.8 Å². The first kappa shape index (κ1) is 18.9. The van der Waals surface area contributed by atoms with E-state index in [-0.39, 0.29) is 6.54 Å². The first-order valence-corrected chi connectivity index (χ1v) is 8.74. The Bertz CT molecular complexity index is 1110. The maximum atomic E-state index is 12.8. The molecule has 0 radical (unpaired) electrons. The molecule has 0 amide bonds. The molecule has 0 aliphatic carbocycles. The number of alkyl halides is 3. The fraction of sp³-hybridized carbons (Fsp3) is 0.150. The van der Waals surface area contributed by atoms with Gasteiger partial charge in [0.1, 0.15) is 5.69 Å². The lowest BCUT2D eigenvalue weighted by Gasteiger charge is -2.11. The molecular weight excluding hydrogens is 383 g/mol. The lowest BCUT2D eigenvalue weighted by molar-refractivity contribution is -0.137. The van der Waals surface area contributed by atoms with Crippen molar-refractivity contribution in [1.29, 1.82) is 0 Å². The summed E-state index contributed by atoms with van der Waals surface area (Å²) < 4.78 is 40.0. The number of hydrogen-bond acceptors (Lipinski definition) is 5. The second kappa shape index (κ2) is 7.51. The number of benzene rings is 2. The average molecular weight is 399 g/mol. The molecule has 4 rings (SSSR count). The van der Waals surface area contributed by atoms with E-state index in [2.05, 4.69) is 20.4 Å². The topological polar surface area (TPSA) is 75.9 Å². The number of halogens is 3. The average Bonchev–Trinajstić information content (AvgIpc) is 3.06. The maximum Gasteiger partial charge on any atom is 0.416 e. The number of aromatic nitrogens is 4. The van der Waals surface area contributed by atoms with E-state index in [0.29, 0.717) is 17.1 Å². The van der Waals surface area contributed by atoms with E-state index in [4.69, 9.17) is 0 Å². The van der Waals surface area contributed by atoms with Crippen LogP contribution in [-0.2, 0) is 12.7 Å². The molecule has 0 fully saturated rings. The normalized spacial score (nSPS) is 12.8. The summed E-state index contributed by atoms with van der Waals surface area (Å²) in [6.07, 6.45) is -1.06. The molecule has 0 aliphatic heterocycles. The van der Waals surface area contributed by atoms with Crippen molar-refractivity contribution in [1.82, 2.24) is 19.7 Å². The Balaban J connectivity index is 1.62. The Hall–Kier alpha value is -3.46. The van der Waals surface area contributed by atoms with Crippen molar-refractivity contribution in [3.63, 3.8) is 0 Å². The van der Waals surface area contributed by atoms with Crippen LogP contribution in [0.1, 0.15) is 23.0 Å². The number of aliphatic hydroxyl groups excluding tert-OH is 1. The van der Waals surface area contributed by atoms with Gasteiger partial charge in [-0.2, -0.15) is 18.3 Å². The zero-order valence-corrected chi connectivity index (χ0v) is 15.0. The van der Waals surface area contributed by atoms with Gasteiger partial charge in [-0.1, -0.05) is 24.3 Å². The second-order valence-electron chi connectivity index (χ2n) is 6.40. The van der Waals surface area contributed by atoms with Gasteiger partial charge in [-0.3, -0.25) is 14.6 Å². The number of fused-ring (bicyclic) bond motifs is 1. The van der Waals surface area contributed by atoms with Crippen molar-refractivity contribution in [3.05, 3.63) is 83.9 Å². The van der Waals surface area contributed by atoms with Crippen LogP contribution in [0.4, 0.5) is 19.0 Å². The molecular formula is C20H16F3N5O. The lowest BCUT2D eigenvalue weighted by Crippen LogP contribution is -2.12. The molecule has 29 heavy (non-hydrogen) atoms. The van der Waals surface area contributed by atoms with E-state index >= 15 is 0 Å². The van der Waals surface area contributed by atoms with E-state index in [1.165, 1.54) is 30.7 Å². The summed E-state index contributed by atoms with van der Waals surface area (Å²) in [6, 6.07) is 12.4. The molecule has 2 aromatic carbocycles. The number of para-hydroxylation sites is 1. The van der Waals surface area contributed by atoms with Crippen LogP contribution in [0.25, 0.3) is 10.9 Å². The monoisotopic (exact) mass is 399 g/mol. The largest absolute Gasteiger partial charge is 0.416 e. The van der Waals surface area contributed by atoms with Crippen LogP contribution in [0.3, 0.4) is 0 Å². The number of anilines is 1. The predicted octanol–water partition coefficient (Wildman–Crippen LogP) is 4.00. The number of rotatable bonds is 5. The van der Waals surface area contributed by atoms with Crippen LogP contribution < -0.4 is 5.32 Å². The van der Waals surface area contributed by atoms with Crippen molar-refractivity contribution < 1.29 is 18.3 Å². The highest BCUT2D eigenvalue weighted by atomic mass is 19.4. The third-order valence-electron chi connectivity index (χ3n) is 4.41. The molecule has 0 bridgehead atoms. The maximum absolute atomic E-state index is 12.8. The number of hydrogen-bond donors (Lipinski definition) is 2. The highest BCUT2D eigenvalue weighted by Crippen LogP contribution is 2.30. The molecule has 0 saturated heterocycles. The van der Waals surface area contributed by atoms with Gasteiger partial charge in [0.15, 0.2) is 12.0 Å². The zero-order valence-electron chi connectivity index (χ0n) is 15.0. The fourth-order valence-corrected chi connectivity index (χ4v) is 2.98. The summed E-state index contributed by atoms with van der Waals surface area (Å²) in [4.78, 5) is 7.98. The highest BCUT2D eigenvalue weighted by molar-refractivity contribution is 5.90. The SMILES string of the molecule is OC(Nc1nn(Cc2ccc(C(F)(F)F)cc2)c2ccccc12)c1cnccn1. The molecule has 148 valence electrons. The fourth-order valence-electron chi connectivity index (χ4n) is 2.98. The zero-order chi connectivity index (χ0) is 20.4. The summed E-state index contributed by atoms with van der Waals surface area (Å²) in [6.45, 7) is 0.279. The van der Waals surface area contributed by atoms with Gasteiger partial charge in [0.2, 0.25) is 0 Å². The highest BCUT2D eigenvalue weighted by Gasteiger charge is 2.30. The Morgan fingerprint density at radius 1 is 1.03 bits per heavy atom. The molecule has 1 unspecified atom stereocenters. The first-order chi connectivity index (χ1) is 13.9. The van der Waals surface area contributed by atoms with E-state index in [9.17, 15) is 18.3 Å². The summed E-state index contributed by atoms with van der Waals surface area (Å²) >= 11 is 0. The van der Waals surface area contributed by atoms with Gasteiger partial charge in [-0.05, 0) is 29.8 Å². The molecule has 0 spiro atoms. The van der Waals surface area contributed by atoms with Crippen LogP contribution in [0, 0.1) is 0 Å². The third-order valence-corrected chi connectivity index (χ3v) is 4.41. The van der Waals surface area contributed by atoms with Crippen LogP contribution in [0.2, 0.25) is 0 Å². The van der Waals surface area contributed by atoms with Crippen LogP contribution in [-0.4, -0.2) is 24.9 Å². The third kappa shape index (κ3) is 4.04. The van der Waals surface area contributed by atoms with Crippen LogP contribution >= 0.6 is 0 Å². The summed E-state index contributed by atoms with van der Waals surface area (Å²) in [5.41, 5.74) is 1.10. The van der Waals surface area contributed by atoms with Crippen molar-refractivity contribution in [2.75, 3.05) is 5.32 Å². The van der Waals surface area contributed by atoms with Crippen molar-refractivity contribution >= 4 is 16.7 Å². The molecule has 2 heterocycles. The molecule has 4 aromatic rings. The van der Waals surface area contributed by atoms with E-state index in [0.717, 1.165) is 23.0 Å². The summed E-state index contributed by atoms with van der Waals surface area (Å²) in [7, 11) is 0. The predicted molar refractivity (Wildman–Crippen MR) is 101 cm³/mol. The number of aliphatic hydroxyl groups is 1. The van der Waals surface area contributed by atoms with Gasteiger partial charge < -0.3 is 10.4 Å². The lowest BCUT2D eigenvalue weighted by atomic mass is 10.1. The molecule has 6 nitrogen and oxygen atoms in total. The van der Waals surface area contributed by atoms with Crippen LogP contribution in [0.15, 0.2) is 67.1 Å². The minimum atomic E-state index is -4.37. The van der Waals surface area contributed by atoms with E-state index in [1.54, 1.807) is 4.68 Å². The second-order valence-corrected chi connectivity index (χ2v) is 6.40. The van der Waals surface area contributed by atoms with Gasteiger partial charge >= 0.3 is 6.18 Å². The Kier molecular flexibility index (Phi) is 4.89. The molecule has 2 aromatic heterocycles.